The summed E-state index contributed by atoms with van der Waals surface area (Å²) < 4.78 is 1.24. The molecule has 2 aromatic heterocycles. The summed E-state index contributed by atoms with van der Waals surface area (Å²) in [7, 11) is 0. The topological polar surface area (TPSA) is 101 Å². The summed E-state index contributed by atoms with van der Waals surface area (Å²) in [6.07, 6.45) is 1.89. The number of nitrogens with two attached hydrogens (primary N) is 1. The van der Waals surface area contributed by atoms with Crippen molar-refractivity contribution in [2.45, 2.75) is 24.9 Å². The van der Waals surface area contributed by atoms with Crippen molar-refractivity contribution in [3.05, 3.63) is 22.6 Å². The molecule has 2 aromatic rings. The first kappa shape index (κ1) is 9.34. The lowest BCUT2D eigenvalue weighted by molar-refractivity contribution is 0.372. The van der Waals surface area contributed by atoms with Crippen LogP contribution in [0.25, 0.3) is 5.65 Å². The zero-order valence-corrected chi connectivity index (χ0v) is 8.55. The summed E-state index contributed by atoms with van der Waals surface area (Å²) in [5, 5.41) is 13.5. The van der Waals surface area contributed by atoms with Gasteiger partial charge < -0.3 is 11.1 Å². The molecule has 1 aliphatic carbocycles. The van der Waals surface area contributed by atoms with Gasteiger partial charge in [-0.1, -0.05) is 0 Å². The molecule has 84 valence electrons. The van der Waals surface area contributed by atoms with Crippen molar-refractivity contribution in [2.24, 2.45) is 5.73 Å². The number of rotatable bonds is 2. The van der Waals surface area contributed by atoms with Gasteiger partial charge in [-0.25, -0.2) is 9.89 Å². The average Bonchev–Trinajstić information content (AvgIpc) is 2.58. The van der Waals surface area contributed by atoms with Gasteiger partial charge in [0.1, 0.15) is 5.82 Å². The van der Waals surface area contributed by atoms with Gasteiger partial charge in [-0.15, -0.1) is 5.10 Å². The number of aromatic amines is 1. The Balaban J connectivity index is 1.87. The van der Waals surface area contributed by atoms with Gasteiger partial charge in [-0.05, 0) is 25.0 Å². The first-order valence-electron chi connectivity index (χ1n) is 5.19. The molecule has 16 heavy (non-hydrogen) atoms. The van der Waals surface area contributed by atoms with Crippen molar-refractivity contribution in [1.82, 2.24) is 19.8 Å². The predicted molar refractivity (Wildman–Crippen MR) is 58.2 cm³/mol. The van der Waals surface area contributed by atoms with Crippen molar-refractivity contribution in [3.63, 3.8) is 0 Å². The number of nitrogens with one attached hydrogen (secondary N) is 2. The minimum Gasteiger partial charge on any atom is -0.366 e. The van der Waals surface area contributed by atoms with Crippen LogP contribution in [0.5, 0.6) is 0 Å². The number of fused-ring (bicyclic) bond motifs is 1. The minimum atomic E-state index is -0.330. The van der Waals surface area contributed by atoms with Crippen molar-refractivity contribution in [2.75, 3.05) is 5.32 Å². The number of hydrogen-bond acceptors (Lipinski definition) is 5. The summed E-state index contributed by atoms with van der Waals surface area (Å²) >= 11 is 0. The van der Waals surface area contributed by atoms with Crippen LogP contribution < -0.4 is 16.7 Å². The first-order chi connectivity index (χ1) is 7.72. The average molecular weight is 220 g/mol. The minimum absolute atomic E-state index is 0.290. The summed E-state index contributed by atoms with van der Waals surface area (Å²) in [6.45, 7) is 0. The molecule has 0 saturated heterocycles. The maximum atomic E-state index is 11.3. The van der Waals surface area contributed by atoms with E-state index in [1.54, 1.807) is 12.1 Å². The Morgan fingerprint density at radius 3 is 3.06 bits per heavy atom. The van der Waals surface area contributed by atoms with E-state index in [1.165, 1.54) is 4.52 Å². The van der Waals surface area contributed by atoms with Crippen LogP contribution in [0, 0.1) is 0 Å². The Morgan fingerprint density at radius 1 is 1.50 bits per heavy atom. The van der Waals surface area contributed by atoms with Crippen molar-refractivity contribution in [3.8, 4) is 0 Å². The molecule has 0 aromatic carbocycles. The van der Waals surface area contributed by atoms with E-state index >= 15 is 0 Å². The van der Waals surface area contributed by atoms with E-state index in [-0.39, 0.29) is 11.7 Å². The molecule has 0 aliphatic heterocycles. The van der Waals surface area contributed by atoms with E-state index in [0.717, 1.165) is 12.8 Å². The fourth-order valence-corrected chi connectivity index (χ4v) is 1.87. The van der Waals surface area contributed by atoms with Crippen molar-refractivity contribution >= 4 is 11.5 Å². The summed E-state index contributed by atoms with van der Waals surface area (Å²) in [5.41, 5.74) is 5.88. The fraction of sp³-hybridized carbons (Fsp3) is 0.444. The van der Waals surface area contributed by atoms with Crippen LogP contribution in [-0.4, -0.2) is 31.9 Å². The molecule has 1 fully saturated rings. The number of anilines is 1. The van der Waals surface area contributed by atoms with Gasteiger partial charge in [0.2, 0.25) is 0 Å². The Labute approximate surface area is 90.7 Å². The van der Waals surface area contributed by atoms with E-state index in [1.807, 2.05) is 0 Å². The standard InChI is InChI=1S/C9H12N6O/c10-5-3-6(4-5)11-7-1-2-8-12-13-9(16)15(8)14-7/h1-2,5-6H,3-4,10H2,(H,11,14)(H,13,16). The summed E-state index contributed by atoms with van der Waals surface area (Å²) in [5.74, 6) is 0.674. The van der Waals surface area contributed by atoms with Crippen molar-refractivity contribution < 1.29 is 0 Å². The third-order valence-electron chi connectivity index (χ3n) is 2.80. The molecule has 0 bridgehead atoms. The highest BCUT2D eigenvalue weighted by Crippen LogP contribution is 2.21. The molecule has 7 heteroatoms. The molecule has 7 nitrogen and oxygen atoms in total. The lowest BCUT2D eigenvalue weighted by atomic mass is 9.88. The van der Waals surface area contributed by atoms with Gasteiger partial charge in [0.25, 0.3) is 0 Å². The lowest BCUT2D eigenvalue weighted by Crippen LogP contribution is -2.44. The number of aromatic nitrogens is 4. The molecule has 1 saturated carbocycles. The molecule has 0 atom stereocenters. The third-order valence-corrected chi connectivity index (χ3v) is 2.80. The lowest BCUT2D eigenvalue weighted by Gasteiger charge is -2.33. The monoisotopic (exact) mass is 220 g/mol. The molecular weight excluding hydrogens is 208 g/mol. The molecule has 0 radical (unpaired) electrons. The highest BCUT2D eigenvalue weighted by atomic mass is 16.2. The van der Waals surface area contributed by atoms with Crippen molar-refractivity contribution in [1.29, 1.82) is 0 Å². The highest BCUT2D eigenvalue weighted by molar-refractivity contribution is 5.43. The van der Waals surface area contributed by atoms with Gasteiger partial charge in [0.15, 0.2) is 5.65 Å². The quantitative estimate of drug-likeness (QED) is 0.622. The van der Waals surface area contributed by atoms with E-state index in [4.69, 9.17) is 5.73 Å². The zero-order chi connectivity index (χ0) is 11.1. The maximum Gasteiger partial charge on any atom is 0.364 e. The van der Waals surface area contributed by atoms with Crippen LogP contribution in [0.1, 0.15) is 12.8 Å². The Bertz CT molecular complexity index is 567. The highest BCUT2D eigenvalue weighted by Gasteiger charge is 2.25. The molecule has 4 N–H and O–H groups in total. The Kier molecular flexibility index (Phi) is 1.93. The van der Waals surface area contributed by atoms with E-state index < -0.39 is 0 Å². The van der Waals surface area contributed by atoms with Gasteiger partial charge in [-0.3, -0.25) is 0 Å². The van der Waals surface area contributed by atoms with Gasteiger partial charge >= 0.3 is 5.69 Å². The van der Waals surface area contributed by atoms with E-state index in [0.29, 0.717) is 17.5 Å². The number of H-pyrrole nitrogens is 1. The molecule has 1 aliphatic rings. The molecule has 3 rings (SSSR count). The van der Waals surface area contributed by atoms with Gasteiger partial charge in [0.05, 0.1) is 0 Å². The Hall–Kier alpha value is -1.89. The third kappa shape index (κ3) is 1.45. The van der Waals surface area contributed by atoms with Crippen LogP contribution in [0.2, 0.25) is 0 Å². The summed E-state index contributed by atoms with van der Waals surface area (Å²) in [4.78, 5) is 11.3. The van der Waals surface area contributed by atoms with Crippen LogP contribution in [0.4, 0.5) is 5.82 Å². The fourth-order valence-electron chi connectivity index (χ4n) is 1.87. The molecule has 2 heterocycles. The van der Waals surface area contributed by atoms with Crippen LogP contribution in [0.15, 0.2) is 16.9 Å². The SMILES string of the molecule is NC1CC(Nc2ccc3n[nH]c(=O)n3n2)C1. The number of hydrogen-bond donors (Lipinski definition) is 3. The summed E-state index contributed by atoms with van der Waals surface area (Å²) in [6, 6.07) is 4.20. The van der Waals surface area contributed by atoms with Gasteiger partial charge in [0, 0.05) is 12.1 Å². The van der Waals surface area contributed by atoms with E-state index in [9.17, 15) is 4.79 Å². The van der Waals surface area contributed by atoms with Crippen LogP contribution in [0.3, 0.4) is 0 Å². The smallest absolute Gasteiger partial charge is 0.364 e. The van der Waals surface area contributed by atoms with E-state index in [2.05, 4.69) is 20.6 Å². The molecule has 0 spiro atoms. The van der Waals surface area contributed by atoms with Crippen LogP contribution >= 0.6 is 0 Å². The normalized spacial score (nSPS) is 24.3. The zero-order valence-electron chi connectivity index (χ0n) is 8.55. The molecule has 0 amide bonds. The maximum absolute atomic E-state index is 11.3. The first-order valence-corrected chi connectivity index (χ1v) is 5.19. The second kappa shape index (κ2) is 3.31. The second-order valence-electron chi connectivity index (χ2n) is 4.09. The number of nitrogens with zero attached hydrogens (tertiary/aromatic N) is 3. The molecule has 0 unspecified atom stereocenters. The Morgan fingerprint density at radius 2 is 2.31 bits per heavy atom. The largest absolute Gasteiger partial charge is 0.366 e. The van der Waals surface area contributed by atoms with Gasteiger partial charge in [-0.2, -0.15) is 9.61 Å². The second-order valence-corrected chi connectivity index (χ2v) is 4.09. The predicted octanol–water partition coefficient (Wildman–Crippen LogP) is -0.681. The van der Waals surface area contributed by atoms with Crippen LogP contribution in [-0.2, 0) is 0 Å². The molecular formula is C9H12N6O.